The molecule has 2 aromatic rings. The van der Waals surface area contributed by atoms with E-state index >= 15 is 0 Å². The summed E-state index contributed by atoms with van der Waals surface area (Å²) in [6.07, 6.45) is 0.166. The van der Waals surface area contributed by atoms with Gasteiger partial charge in [-0.25, -0.2) is 13.2 Å². The van der Waals surface area contributed by atoms with Crippen LogP contribution in [-0.2, 0) is 9.53 Å². The number of anilines is 2. The van der Waals surface area contributed by atoms with Crippen LogP contribution in [0.15, 0.2) is 47.6 Å². The van der Waals surface area contributed by atoms with Crippen LogP contribution >= 0.6 is 11.6 Å². The van der Waals surface area contributed by atoms with Crippen molar-refractivity contribution >= 4 is 35.2 Å². The molecule has 1 aliphatic carbocycles. The lowest BCUT2D eigenvalue weighted by atomic mass is 9.96. The number of carbonyl (C=O) groups excluding carboxylic acids is 1. The maximum absolute atomic E-state index is 14.2. The first-order chi connectivity index (χ1) is 20.8. The molecule has 0 bridgehead atoms. The molecular weight excluding hydrogens is 579 g/mol. The summed E-state index contributed by atoms with van der Waals surface area (Å²) in [6.45, 7) is 7.61. The highest BCUT2D eigenvalue weighted by Gasteiger charge is 2.46. The Labute approximate surface area is 256 Å². The number of halogens is 4. The zero-order valence-corrected chi connectivity index (χ0v) is 25.2. The fourth-order valence-electron chi connectivity index (χ4n) is 6.70. The second-order valence-corrected chi connectivity index (χ2v) is 12.4. The lowest BCUT2D eigenvalue weighted by Gasteiger charge is -2.41. The van der Waals surface area contributed by atoms with Crippen molar-refractivity contribution in [1.29, 1.82) is 0 Å². The van der Waals surface area contributed by atoms with E-state index in [1.807, 2.05) is 18.2 Å². The Morgan fingerprint density at radius 2 is 1.81 bits per heavy atom. The molecule has 2 aromatic carbocycles. The van der Waals surface area contributed by atoms with Gasteiger partial charge in [-0.05, 0) is 56.0 Å². The van der Waals surface area contributed by atoms with E-state index < -0.39 is 30.5 Å². The molecule has 0 radical (unpaired) electrons. The van der Waals surface area contributed by atoms with E-state index in [1.165, 1.54) is 11.2 Å². The third-order valence-corrected chi connectivity index (χ3v) is 9.40. The number of ether oxygens (including phenoxy) is 1. The largest absolute Gasteiger partial charge is 0.465 e. The topological polar surface area (TPSA) is 51.6 Å². The molecule has 5 unspecified atom stereocenters. The molecule has 6 rings (SSSR count). The zero-order chi connectivity index (χ0) is 30.1. The van der Waals surface area contributed by atoms with E-state index in [1.54, 1.807) is 6.92 Å². The molecule has 232 valence electrons. The van der Waals surface area contributed by atoms with Crippen LogP contribution in [0.1, 0.15) is 26.2 Å². The fraction of sp³-hybridized carbons (Fsp3) is 0.562. The molecule has 3 aliphatic heterocycles. The third-order valence-electron chi connectivity index (χ3n) is 9.17. The summed E-state index contributed by atoms with van der Waals surface area (Å²) >= 11 is 6.47. The Balaban J connectivity index is 1.15. The van der Waals surface area contributed by atoms with Crippen molar-refractivity contribution < 1.29 is 22.7 Å². The number of hydrazone groups is 1. The van der Waals surface area contributed by atoms with Gasteiger partial charge >= 0.3 is 5.97 Å². The normalized spacial score (nSPS) is 27.7. The van der Waals surface area contributed by atoms with Gasteiger partial charge in [-0.3, -0.25) is 14.7 Å². The monoisotopic (exact) mass is 617 g/mol. The summed E-state index contributed by atoms with van der Waals surface area (Å²) in [5.41, 5.74) is 4.17. The molecule has 11 heteroatoms. The van der Waals surface area contributed by atoms with Crippen LogP contribution in [0.5, 0.6) is 0 Å². The molecule has 3 heterocycles. The van der Waals surface area contributed by atoms with Crippen LogP contribution in [0.2, 0.25) is 5.02 Å². The first kappa shape index (κ1) is 30.1. The summed E-state index contributed by atoms with van der Waals surface area (Å²) in [7, 11) is 0. The molecule has 4 aliphatic rings. The highest BCUT2D eigenvalue weighted by atomic mass is 35.5. The van der Waals surface area contributed by atoms with Gasteiger partial charge in [0.2, 0.25) is 0 Å². The smallest absolute Gasteiger partial charge is 0.316 e. The van der Waals surface area contributed by atoms with E-state index in [2.05, 4.69) is 44.1 Å². The number of hydrogen-bond donors (Lipinski definition) is 0. The average molecular weight is 618 g/mol. The predicted octanol–water partition coefficient (Wildman–Crippen LogP) is 5.57. The molecule has 0 aromatic heterocycles. The molecule has 0 N–H and O–H groups in total. The number of esters is 1. The quantitative estimate of drug-likeness (QED) is 0.343. The van der Waals surface area contributed by atoms with E-state index in [9.17, 15) is 18.0 Å². The Morgan fingerprint density at radius 1 is 1.07 bits per heavy atom. The number of carbonyl (C=O) groups is 1. The standard InChI is InChI=1S/C32H39ClF3N5O2/c1-2-43-32(42)27-18-37-41(30(27)31(35)36)25-4-3-11-40(20-25)29-17-23(33)7-10-26(29)21-5-8-24(9-6-21)39-14-12-38(13-15-39)19-22-16-28(22)34/h5-10,17-18,22,25,27-28,30-31H,2-4,11-16,19-20H2,1H3. The highest BCUT2D eigenvalue weighted by molar-refractivity contribution is 6.31. The molecule has 7 nitrogen and oxygen atoms in total. The number of alkyl halides is 3. The molecule has 43 heavy (non-hydrogen) atoms. The predicted molar refractivity (Wildman–Crippen MR) is 164 cm³/mol. The van der Waals surface area contributed by atoms with Gasteiger partial charge in [0.1, 0.15) is 18.1 Å². The molecular formula is C32H39ClF3N5O2. The molecule has 0 spiro atoms. The van der Waals surface area contributed by atoms with Gasteiger partial charge in [-0.15, -0.1) is 0 Å². The highest BCUT2D eigenvalue weighted by Crippen LogP contribution is 2.38. The first-order valence-corrected chi connectivity index (χ1v) is 15.7. The fourth-order valence-corrected chi connectivity index (χ4v) is 6.87. The van der Waals surface area contributed by atoms with Crippen LogP contribution < -0.4 is 9.80 Å². The van der Waals surface area contributed by atoms with Gasteiger partial charge in [0.05, 0.1) is 12.6 Å². The maximum atomic E-state index is 14.2. The van der Waals surface area contributed by atoms with Crippen LogP contribution in [0.3, 0.4) is 0 Å². The van der Waals surface area contributed by atoms with Crippen LogP contribution in [0.25, 0.3) is 11.1 Å². The van der Waals surface area contributed by atoms with Crippen LogP contribution in [-0.4, -0.2) is 99.2 Å². The zero-order valence-electron chi connectivity index (χ0n) is 24.4. The molecule has 3 fully saturated rings. The van der Waals surface area contributed by atoms with Crippen molar-refractivity contribution in [2.75, 3.05) is 62.2 Å². The summed E-state index contributed by atoms with van der Waals surface area (Å²) in [6, 6.07) is 12.7. The van der Waals surface area contributed by atoms with Crippen molar-refractivity contribution in [3.63, 3.8) is 0 Å². The van der Waals surface area contributed by atoms with Crippen molar-refractivity contribution in [3.05, 3.63) is 47.5 Å². The molecule has 0 amide bonds. The summed E-state index contributed by atoms with van der Waals surface area (Å²) < 4.78 is 46.8. The van der Waals surface area contributed by atoms with Gasteiger partial charge in [0.25, 0.3) is 6.43 Å². The molecule has 5 atom stereocenters. The van der Waals surface area contributed by atoms with Crippen molar-refractivity contribution in [1.82, 2.24) is 9.91 Å². The Kier molecular flexibility index (Phi) is 9.05. The number of nitrogens with zero attached hydrogens (tertiary/aromatic N) is 5. The summed E-state index contributed by atoms with van der Waals surface area (Å²) in [5, 5.41) is 6.34. The van der Waals surface area contributed by atoms with Crippen LogP contribution in [0, 0.1) is 11.8 Å². The Bertz CT molecular complexity index is 1310. The third kappa shape index (κ3) is 6.60. The Morgan fingerprint density at radius 3 is 2.49 bits per heavy atom. The van der Waals surface area contributed by atoms with E-state index in [0.29, 0.717) is 24.4 Å². The lowest BCUT2D eigenvalue weighted by molar-refractivity contribution is -0.149. The lowest BCUT2D eigenvalue weighted by Crippen LogP contribution is -2.52. The maximum Gasteiger partial charge on any atom is 0.316 e. The van der Waals surface area contributed by atoms with E-state index in [-0.39, 0.29) is 18.6 Å². The van der Waals surface area contributed by atoms with Gasteiger partial charge in [0.15, 0.2) is 0 Å². The number of hydrogen-bond acceptors (Lipinski definition) is 7. The van der Waals surface area contributed by atoms with Crippen molar-refractivity contribution in [2.45, 2.75) is 50.9 Å². The first-order valence-electron chi connectivity index (χ1n) is 15.4. The van der Waals surface area contributed by atoms with Gasteiger partial charge in [-0.2, -0.15) is 5.10 Å². The average Bonchev–Trinajstić information content (AvgIpc) is 3.51. The van der Waals surface area contributed by atoms with E-state index in [0.717, 1.165) is 68.2 Å². The Hall–Kier alpha value is -2.98. The van der Waals surface area contributed by atoms with Crippen molar-refractivity contribution in [3.8, 4) is 11.1 Å². The molecule has 1 saturated carbocycles. The number of piperidine rings is 1. The summed E-state index contributed by atoms with van der Waals surface area (Å²) in [5.74, 6) is -1.52. The van der Waals surface area contributed by atoms with E-state index in [4.69, 9.17) is 16.3 Å². The SMILES string of the molecule is CCOC(=O)C1C=NN(C2CCCN(c3cc(Cl)ccc3-c3ccc(N4CCN(CC5CC5F)CC4)cc3)C2)C1C(F)F. The molecule has 2 saturated heterocycles. The minimum atomic E-state index is -2.74. The van der Waals surface area contributed by atoms with Gasteiger partial charge < -0.3 is 14.5 Å². The van der Waals surface area contributed by atoms with Gasteiger partial charge in [-0.1, -0.05) is 29.8 Å². The van der Waals surface area contributed by atoms with Gasteiger partial charge in [0, 0.05) is 79.9 Å². The minimum absolute atomic E-state index is 0.133. The minimum Gasteiger partial charge on any atom is -0.465 e. The van der Waals surface area contributed by atoms with Crippen LogP contribution in [0.4, 0.5) is 24.5 Å². The number of rotatable bonds is 9. The summed E-state index contributed by atoms with van der Waals surface area (Å²) in [4.78, 5) is 19.3. The second kappa shape index (κ2) is 12.9. The second-order valence-electron chi connectivity index (χ2n) is 12.0. The van der Waals surface area contributed by atoms with Crippen molar-refractivity contribution in [2.24, 2.45) is 16.9 Å². The number of piperazine rings is 1. The number of benzene rings is 2.